The van der Waals surface area contributed by atoms with Crippen molar-refractivity contribution in [2.24, 2.45) is 0 Å². The molecule has 0 atom stereocenters. The summed E-state index contributed by atoms with van der Waals surface area (Å²) in [5, 5.41) is 5.64. The van der Waals surface area contributed by atoms with Crippen LogP contribution in [0.3, 0.4) is 0 Å². The van der Waals surface area contributed by atoms with Crippen LogP contribution in [0, 0.1) is 11.8 Å². The first-order valence-corrected chi connectivity index (χ1v) is 12.3. The standard InChI is InChI=1S/C27H27N3O4S/c1-33-23-10-8-20(16-24(23)34-2)17-28-26(32)22-18-35-27(29-22)21-12-14-30(15-13-21)25(31)11-9-19-6-4-3-5-7-19/h3-8,10,16,18,21H,12-15,17H2,1-2H3,(H,28,32). The van der Waals surface area contributed by atoms with Gasteiger partial charge < -0.3 is 19.7 Å². The zero-order chi connectivity index (χ0) is 24.6. The number of hydrogen-bond donors (Lipinski definition) is 1. The molecule has 0 bridgehead atoms. The van der Waals surface area contributed by atoms with Gasteiger partial charge in [-0.05, 0) is 42.7 Å². The van der Waals surface area contributed by atoms with Crippen molar-refractivity contribution in [2.45, 2.75) is 25.3 Å². The molecule has 2 amide bonds. The minimum absolute atomic E-state index is 0.151. The maximum absolute atomic E-state index is 12.6. The number of nitrogens with one attached hydrogen (secondary N) is 1. The summed E-state index contributed by atoms with van der Waals surface area (Å²) in [6.07, 6.45) is 1.61. The lowest BCUT2D eigenvalue weighted by molar-refractivity contribution is -0.126. The Labute approximate surface area is 209 Å². The number of nitrogens with zero attached hydrogens (tertiary/aromatic N) is 2. The number of piperidine rings is 1. The number of carbonyl (C=O) groups excluding carboxylic acids is 2. The first-order chi connectivity index (χ1) is 17.1. The normalized spacial score (nSPS) is 13.5. The minimum atomic E-state index is -0.217. The largest absolute Gasteiger partial charge is 0.493 e. The van der Waals surface area contributed by atoms with Crippen molar-refractivity contribution in [1.82, 2.24) is 15.2 Å². The predicted molar refractivity (Wildman–Crippen MR) is 135 cm³/mol. The second kappa shape index (κ2) is 11.5. The molecule has 1 fully saturated rings. The number of carbonyl (C=O) groups is 2. The van der Waals surface area contributed by atoms with Gasteiger partial charge in [0, 0.05) is 42.4 Å². The van der Waals surface area contributed by atoms with Crippen molar-refractivity contribution in [2.75, 3.05) is 27.3 Å². The molecule has 0 aliphatic carbocycles. The van der Waals surface area contributed by atoms with E-state index in [1.54, 1.807) is 24.5 Å². The first-order valence-electron chi connectivity index (χ1n) is 11.4. The maximum atomic E-state index is 12.6. The van der Waals surface area contributed by atoms with E-state index in [1.807, 2.05) is 48.5 Å². The van der Waals surface area contributed by atoms with Crippen LogP contribution in [0.15, 0.2) is 53.9 Å². The topological polar surface area (TPSA) is 80.8 Å². The molecule has 0 saturated carbocycles. The second-order valence-corrected chi connectivity index (χ2v) is 9.02. The number of hydrogen-bond acceptors (Lipinski definition) is 6. The highest BCUT2D eigenvalue weighted by molar-refractivity contribution is 7.09. The van der Waals surface area contributed by atoms with Crippen LogP contribution in [0.4, 0.5) is 0 Å². The van der Waals surface area contributed by atoms with Gasteiger partial charge in [0.05, 0.1) is 19.2 Å². The van der Waals surface area contributed by atoms with Crippen molar-refractivity contribution < 1.29 is 19.1 Å². The summed E-state index contributed by atoms with van der Waals surface area (Å²) in [6.45, 7) is 1.62. The number of aromatic nitrogens is 1. The van der Waals surface area contributed by atoms with E-state index in [0.717, 1.165) is 29.0 Å². The Morgan fingerprint density at radius 2 is 1.83 bits per heavy atom. The number of methoxy groups -OCH3 is 2. The van der Waals surface area contributed by atoms with Gasteiger partial charge in [-0.3, -0.25) is 9.59 Å². The molecule has 1 aromatic heterocycles. The molecule has 2 aromatic carbocycles. The van der Waals surface area contributed by atoms with E-state index in [1.165, 1.54) is 11.3 Å². The molecule has 35 heavy (non-hydrogen) atoms. The highest BCUT2D eigenvalue weighted by atomic mass is 32.1. The Balaban J connectivity index is 1.28. The Morgan fingerprint density at radius 3 is 2.54 bits per heavy atom. The number of amides is 2. The molecule has 8 heteroatoms. The SMILES string of the molecule is COc1ccc(CNC(=O)c2csc(C3CCN(C(=O)C#Cc4ccccc4)CC3)n2)cc1OC. The monoisotopic (exact) mass is 489 g/mol. The second-order valence-electron chi connectivity index (χ2n) is 8.13. The Hall–Kier alpha value is -3.83. The van der Waals surface area contributed by atoms with Crippen molar-refractivity contribution in [3.8, 4) is 23.3 Å². The average Bonchev–Trinajstić information content (AvgIpc) is 3.41. The fourth-order valence-electron chi connectivity index (χ4n) is 3.90. The van der Waals surface area contributed by atoms with E-state index in [4.69, 9.17) is 9.47 Å². The van der Waals surface area contributed by atoms with E-state index in [0.29, 0.717) is 36.8 Å². The molecule has 3 aromatic rings. The number of rotatable bonds is 6. The summed E-state index contributed by atoms with van der Waals surface area (Å²) >= 11 is 1.49. The van der Waals surface area contributed by atoms with Gasteiger partial charge in [0.2, 0.25) is 0 Å². The number of ether oxygens (including phenoxy) is 2. The molecule has 4 rings (SSSR count). The quantitative estimate of drug-likeness (QED) is 0.532. The smallest absolute Gasteiger partial charge is 0.298 e. The molecule has 1 aliphatic rings. The van der Waals surface area contributed by atoms with E-state index >= 15 is 0 Å². The third-order valence-corrected chi connectivity index (χ3v) is 6.88. The van der Waals surface area contributed by atoms with Gasteiger partial charge in [0.25, 0.3) is 11.8 Å². The molecule has 1 aliphatic heterocycles. The van der Waals surface area contributed by atoms with E-state index in [-0.39, 0.29) is 17.7 Å². The number of likely N-dealkylation sites (tertiary alicyclic amines) is 1. The van der Waals surface area contributed by atoms with Crippen LogP contribution in [0.1, 0.15) is 45.4 Å². The summed E-state index contributed by atoms with van der Waals surface area (Å²) < 4.78 is 10.6. The molecule has 0 unspecified atom stereocenters. The van der Waals surface area contributed by atoms with Crippen molar-refractivity contribution in [1.29, 1.82) is 0 Å². The van der Waals surface area contributed by atoms with Gasteiger partial charge >= 0.3 is 0 Å². The molecule has 180 valence electrons. The van der Waals surface area contributed by atoms with Crippen LogP contribution < -0.4 is 14.8 Å². The Kier molecular flexibility index (Phi) is 8.01. The van der Waals surface area contributed by atoms with Gasteiger partial charge in [-0.1, -0.05) is 30.2 Å². The maximum Gasteiger partial charge on any atom is 0.298 e. The lowest BCUT2D eigenvalue weighted by atomic mass is 9.97. The van der Waals surface area contributed by atoms with E-state index < -0.39 is 0 Å². The molecule has 1 N–H and O–H groups in total. The minimum Gasteiger partial charge on any atom is -0.493 e. The van der Waals surface area contributed by atoms with Gasteiger partial charge in [-0.15, -0.1) is 11.3 Å². The third kappa shape index (κ3) is 6.19. The fraction of sp³-hybridized carbons (Fsp3) is 0.296. The summed E-state index contributed by atoms with van der Waals surface area (Å²) in [5.74, 6) is 6.79. The molecule has 7 nitrogen and oxygen atoms in total. The predicted octanol–water partition coefficient (Wildman–Crippen LogP) is 3.85. The molecule has 2 heterocycles. The van der Waals surface area contributed by atoms with Crippen LogP contribution in [0.2, 0.25) is 0 Å². The molecular weight excluding hydrogens is 462 g/mol. The summed E-state index contributed by atoms with van der Waals surface area (Å²) in [6, 6.07) is 15.0. The number of benzene rings is 2. The lowest BCUT2D eigenvalue weighted by Gasteiger charge is -2.29. The van der Waals surface area contributed by atoms with Gasteiger partial charge in [0.1, 0.15) is 5.69 Å². The zero-order valence-corrected chi connectivity index (χ0v) is 20.6. The van der Waals surface area contributed by atoms with Crippen LogP contribution in [-0.4, -0.2) is 49.0 Å². The highest BCUT2D eigenvalue weighted by Gasteiger charge is 2.25. The molecule has 0 radical (unpaired) electrons. The van der Waals surface area contributed by atoms with Crippen molar-refractivity contribution in [3.63, 3.8) is 0 Å². The highest BCUT2D eigenvalue weighted by Crippen LogP contribution is 2.30. The molecular formula is C27H27N3O4S. The van der Waals surface area contributed by atoms with Crippen LogP contribution >= 0.6 is 11.3 Å². The van der Waals surface area contributed by atoms with Crippen LogP contribution in [-0.2, 0) is 11.3 Å². The Bertz CT molecular complexity index is 1240. The average molecular weight is 490 g/mol. The van der Waals surface area contributed by atoms with E-state index in [9.17, 15) is 9.59 Å². The van der Waals surface area contributed by atoms with Gasteiger partial charge in [0.15, 0.2) is 11.5 Å². The first kappa shape index (κ1) is 24.3. The summed E-state index contributed by atoms with van der Waals surface area (Å²) in [4.78, 5) is 31.4. The summed E-state index contributed by atoms with van der Waals surface area (Å²) in [7, 11) is 3.16. The lowest BCUT2D eigenvalue weighted by Crippen LogP contribution is -2.37. The zero-order valence-electron chi connectivity index (χ0n) is 19.7. The molecule has 0 spiro atoms. The molecule has 1 saturated heterocycles. The third-order valence-electron chi connectivity index (χ3n) is 5.87. The fourth-order valence-corrected chi connectivity index (χ4v) is 4.87. The Morgan fingerprint density at radius 1 is 1.09 bits per heavy atom. The van der Waals surface area contributed by atoms with Crippen molar-refractivity contribution in [3.05, 3.63) is 75.7 Å². The van der Waals surface area contributed by atoms with Crippen LogP contribution in [0.5, 0.6) is 11.5 Å². The van der Waals surface area contributed by atoms with Gasteiger partial charge in [-0.25, -0.2) is 4.98 Å². The van der Waals surface area contributed by atoms with Crippen LogP contribution in [0.25, 0.3) is 0 Å². The van der Waals surface area contributed by atoms with Crippen molar-refractivity contribution >= 4 is 23.2 Å². The number of thiazole rings is 1. The summed E-state index contributed by atoms with van der Waals surface area (Å²) in [5.41, 5.74) is 2.15. The van der Waals surface area contributed by atoms with Gasteiger partial charge in [-0.2, -0.15) is 0 Å². The van der Waals surface area contributed by atoms with E-state index in [2.05, 4.69) is 22.1 Å².